The topological polar surface area (TPSA) is 107 Å². The van der Waals surface area contributed by atoms with Gasteiger partial charge in [-0.05, 0) is 25.8 Å². The summed E-state index contributed by atoms with van der Waals surface area (Å²) in [4.78, 5) is 22.1. The van der Waals surface area contributed by atoms with Gasteiger partial charge in [-0.25, -0.2) is 0 Å². The summed E-state index contributed by atoms with van der Waals surface area (Å²) in [6.45, 7) is 3.35. The maximum atomic E-state index is 11.1. The van der Waals surface area contributed by atoms with E-state index in [1.165, 1.54) is 13.2 Å². The van der Waals surface area contributed by atoms with Crippen molar-refractivity contribution >= 4 is 38.0 Å². The zero-order valence-corrected chi connectivity index (χ0v) is 16.1. The normalized spacial score (nSPS) is 11.8. The van der Waals surface area contributed by atoms with Gasteiger partial charge in [0.15, 0.2) is 6.61 Å². The van der Waals surface area contributed by atoms with Crippen LogP contribution in [0.15, 0.2) is 12.3 Å². The number of ether oxygens (including phenoxy) is 2. The highest BCUT2D eigenvalue weighted by Gasteiger charge is 2.10. The van der Waals surface area contributed by atoms with Gasteiger partial charge in [0, 0.05) is 0 Å². The summed E-state index contributed by atoms with van der Waals surface area (Å²) < 4.78 is 36.2. The summed E-state index contributed by atoms with van der Waals surface area (Å²) in [6.07, 6.45) is 11.1. The van der Waals surface area contributed by atoms with Gasteiger partial charge in [-0.1, -0.05) is 35.2 Å². The van der Waals surface area contributed by atoms with E-state index in [0.29, 0.717) is 0 Å². The maximum absolute atomic E-state index is 11.1. The van der Waals surface area contributed by atoms with Crippen molar-refractivity contribution < 1.29 is 32.0 Å². The number of esters is 2. The number of unbranched alkanes of at least 4 members (excludes halogenated alkanes) is 2. The van der Waals surface area contributed by atoms with Gasteiger partial charge in [0.25, 0.3) is 10.1 Å². The lowest BCUT2D eigenvalue weighted by Crippen LogP contribution is -2.08. The van der Waals surface area contributed by atoms with Crippen molar-refractivity contribution in [2.24, 2.45) is 0 Å². The molecule has 1 unspecified atom stereocenters. The van der Waals surface area contributed by atoms with Crippen LogP contribution in [-0.4, -0.2) is 35.7 Å². The zero-order valence-electron chi connectivity index (χ0n) is 13.7. The number of terminal acetylenes is 1. The average molecular weight is 427 g/mol. The number of alkyl halides is 1. The molecule has 1 atom stereocenters. The monoisotopic (exact) mass is 426 g/mol. The number of halogens is 1. The second kappa shape index (κ2) is 15.2. The Hall–Kier alpha value is -1.37. The lowest BCUT2D eigenvalue weighted by atomic mass is 10.2. The quantitative estimate of drug-likeness (QED) is 0.151. The molecule has 24 heavy (non-hydrogen) atoms. The van der Waals surface area contributed by atoms with E-state index in [1.807, 2.05) is 0 Å². The second-order valence-corrected chi connectivity index (χ2v) is 8.14. The molecule has 0 fully saturated rings. The Morgan fingerprint density at radius 3 is 2.33 bits per heavy atom. The number of hydrogen-bond acceptors (Lipinski definition) is 6. The molecule has 0 heterocycles. The molecule has 0 aliphatic rings. The summed E-state index contributed by atoms with van der Waals surface area (Å²) in [7, 11) is -3.82. The van der Waals surface area contributed by atoms with Gasteiger partial charge < -0.3 is 9.47 Å². The minimum atomic E-state index is -3.82. The number of carbonyl (C=O) groups excluding carboxylic acids is 2. The van der Waals surface area contributed by atoms with Crippen LogP contribution in [0.3, 0.4) is 0 Å². The highest BCUT2D eigenvalue weighted by atomic mass is 79.9. The first-order chi connectivity index (χ1) is 11.1. The Kier molecular flexibility index (Phi) is 15.7. The lowest BCUT2D eigenvalue weighted by molar-refractivity contribution is -0.147. The van der Waals surface area contributed by atoms with Gasteiger partial charge in [-0.2, -0.15) is 8.42 Å². The van der Waals surface area contributed by atoms with E-state index in [1.54, 1.807) is 6.08 Å². The third-order valence-electron chi connectivity index (χ3n) is 2.28. The van der Waals surface area contributed by atoms with E-state index >= 15 is 0 Å². The smallest absolute Gasteiger partial charge is 0.311 e. The molecule has 9 heteroatoms. The fraction of sp³-hybridized carbons (Fsp3) is 0.600. The Morgan fingerprint density at radius 2 is 1.88 bits per heavy atom. The number of carbonyl (C=O) groups is 2. The summed E-state index contributed by atoms with van der Waals surface area (Å²) in [5.41, 5.74) is 0. The zero-order chi connectivity index (χ0) is 19.0. The van der Waals surface area contributed by atoms with Crippen LogP contribution in [-0.2, 0) is 29.2 Å². The number of allylic oxidation sites excluding steroid dienone is 1. The van der Waals surface area contributed by atoms with Gasteiger partial charge in [0.05, 0.1) is 19.1 Å². The van der Waals surface area contributed by atoms with Crippen LogP contribution in [0.25, 0.3) is 0 Å². The molecular formula is C15H23BrO7S. The molecule has 7 nitrogen and oxygen atoms in total. The van der Waals surface area contributed by atoms with E-state index in [-0.39, 0.29) is 19.4 Å². The first-order valence-electron chi connectivity index (χ1n) is 7.19. The Labute approximate surface area is 151 Å². The van der Waals surface area contributed by atoms with Crippen LogP contribution in [0.2, 0.25) is 0 Å². The molecule has 0 aliphatic carbocycles. The van der Waals surface area contributed by atoms with E-state index in [0.717, 1.165) is 19.3 Å². The van der Waals surface area contributed by atoms with Gasteiger partial charge in [0.1, 0.15) is 4.16 Å². The molecule has 1 N–H and O–H groups in total. The van der Waals surface area contributed by atoms with Crippen molar-refractivity contribution in [3.8, 4) is 12.3 Å². The molecule has 138 valence electrons. The summed E-state index contributed by atoms with van der Waals surface area (Å²) >= 11 is 2.66. The van der Waals surface area contributed by atoms with Gasteiger partial charge >= 0.3 is 11.9 Å². The Morgan fingerprint density at radius 1 is 1.33 bits per heavy atom. The molecular weight excluding hydrogens is 404 g/mol. The highest BCUT2D eigenvalue weighted by Crippen LogP contribution is 2.03. The van der Waals surface area contributed by atoms with E-state index in [9.17, 15) is 18.0 Å². The maximum Gasteiger partial charge on any atom is 0.311 e. The van der Waals surface area contributed by atoms with Crippen LogP contribution in [0.4, 0.5) is 0 Å². The van der Waals surface area contributed by atoms with Crippen LogP contribution in [0.1, 0.15) is 46.0 Å². The molecule has 0 aromatic carbocycles. The van der Waals surface area contributed by atoms with E-state index in [4.69, 9.17) is 15.7 Å². The van der Waals surface area contributed by atoms with Crippen LogP contribution >= 0.6 is 15.9 Å². The van der Waals surface area contributed by atoms with Crippen LogP contribution in [0, 0.1) is 12.3 Å². The minimum Gasteiger partial charge on any atom is -0.452 e. The van der Waals surface area contributed by atoms with Gasteiger partial charge in [-0.15, -0.1) is 6.42 Å². The van der Waals surface area contributed by atoms with Crippen LogP contribution < -0.4 is 0 Å². The van der Waals surface area contributed by atoms with Crippen molar-refractivity contribution in [1.29, 1.82) is 0 Å². The van der Waals surface area contributed by atoms with Crippen molar-refractivity contribution in [3.63, 3.8) is 0 Å². The van der Waals surface area contributed by atoms with Crippen molar-refractivity contribution in [2.45, 2.75) is 50.1 Å². The average Bonchev–Trinajstić information content (AvgIpc) is 2.50. The highest BCUT2D eigenvalue weighted by molar-refractivity contribution is 9.11. The second-order valence-electron chi connectivity index (χ2n) is 4.43. The summed E-state index contributed by atoms with van der Waals surface area (Å²) in [5.74, 6) is 1.23. The van der Waals surface area contributed by atoms with Crippen molar-refractivity contribution in [1.82, 2.24) is 0 Å². The fourth-order valence-corrected chi connectivity index (χ4v) is 0.971. The number of hydrogen-bond donors (Lipinski definition) is 1. The van der Waals surface area contributed by atoms with Crippen LogP contribution in [0.5, 0.6) is 0 Å². The van der Waals surface area contributed by atoms with E-state index in [2.05, 4.69) is 33.5 Å². The lowest BCUT2D eigenvalue weighted by Gasteiger charge is -2.00. The largest absolute Gasteiger partial charge is 0.452 e. The first-order valence-corrected chi connectivity index (χ1v) is 9.60. The predicted molar refractivity (Wildman–Crippen MR) is 93.7 cm³/mol. The Balaban J connectivity index is 0. The van der Waals surface area contributed by atoms with Gasteiger partial charge in [0.2, 0.25) is 0 Å². The molecule has 0 aliphatic heterocycles. The molecule has 0 aromatic heterocycles. The molecule has 0 saturated carbocycles. The van der Waals surface area contributed by atoms with E-state index < -0.39 is 26.2 Å². The summed E-state index contributed by atoms with van der Waals surface area (Å²) in [6, 6.07) is 0. The first kappa shape index (κ1) is 24.9. The summed E-state index contributed by atoms with van der Waals surface area (Å²) in [5, 5.41) is 0. The standard InChI is InChI=1S/C13H18O4.C2H5BrO3S/c1-3-5-6-7-11-17-13(15)9-8-12(14)16-10-4-2;1-2(3)7(4,5)6/h2,7,11H,3,5-6,8-10H2,1H3;2H,1H3,(H,4,5,6). The molecule has 0 saturated heterocycles. The van der Waals surface area contributed by atoms with Crippen molar-refractivity contribution in [2.75, 3.05) is 6.61 Å². The molecule has 0 aromatic rings. The minimum absolute atomic E-state index is 0.00151. The SMILES string of the molecule is C#CCOC(=O)CCC(=O)OC=CCCCC.CC(Br)S(=O)(=O)O. The third kappa shape index (κ3) is 18.7. The molecule has 0 amide bonds. The third-order valence-corrected chi connectivity index (χ3v) is 4.52. The van der Waals surface area contributed by atoms with Crippen molar-refractivity contribution in [3.05, 3.63) is 12.3 Å². The molecule has 0 spiro atoms. The Bertz CT molecular complexity index is 533. The molecule has 0 bridgehead atoms. The van der Waals surface area contributed by atoms with Gasteiger partial charge in [-0.3, -0.25) is 14.1 Å². The molecule has 0 rings (SSSR count). The predicted octanol–water partition coefficient (Wildman–Crippen LogP) is 2.81. The molecule has 0 radical (unpaired) electrons. The number of rotatable bonds is 9. The fourth-order valence-electron chi connectivity index (χ4n) is 0.971.